The Morgan fingerprint density at radius 2 is 1.89 bits per heavy atom. The first-order valence-electron chi connectivity index (χ1n) is 8.48. The van der Waals surface area contributed by atoms with Gasteiger partial charge in [0.2, 0.25) is 5.91 Å². The van der Waals surface area contributed by atoms with Crippen molar-refractivity contribution in [2.45, 2.75) is 24.0 Å². The minimum atomic E-state index is -4.72. The summed E-state index contributed by atoms with van der Waals surface area (Å²) in [6.45, 7) is 1.30. The fourth-order valence-electron chi connectivity index (χ4n) is 2.91. The lowest BCUT2D eigenvalue weighted by atomic mass is 10.1. The Morgan fingerprint density at radius 3 is 2.46 bits per heavy atom. The van der Waals surface area contributed by atoms with Gasteiger partial charge in [0.1, 0.15) is 11.1 Å². The van der Waals surface area contributed by atoms with Crippen molar-refractivity contribution in [3.8, 4) is 17.3 Å². The maximum absolute atomic E-state index is 13.5. The molecule has 146 valence electrons. The molecule has 1 aliphatic heterocycles. The third-order valence-corrected chi connectivity index (χ3v) is 5.55. The molecule has 4 nitrogen and oxygen atoms in total. The fourth-order valence-corrected chi connectivity index (χ4v) is 3.95. The number of alkyl halides is 3. The van der Waals surface area contributed by atoms with E-state index >= 15 is 0 Å². The van der Waals surface area contributed by atoms with Gasteiger partial charge < -0.3 is 4.90 Å². The predicted molar refractivity (Wildman–Crippen MR) is 101 cm³/mol. The number of carbonyl (C=O) groups is 1. The lowest BCUT2D eigenvalue weighted by Gasteiger charge is -2.16. The lowest BCUT2D eigenvalue weighted by molar-refractivity contribution is -0.138. The first-order chi connectivity index (χ1) is 13.3. The highest BCUT2D eigenvalue weighted by Gasteiger charge is 2.36. The van der Waals surface area contributed by atoms with E-state index in [1.54, 1.807) is 35.2 Å². The topological polar surface area (TPSA) is 57.0 Å². The summed E-state index contributed by atoms with van der Waals surface area (Å²) in [5.41, 5.74) is -1.12. The van der Waals surface area contributed by atoms with Crippen LogP contribution >= 0.6 is 23.4 Å². The molecule has 9 heteroatoms. The first kappa shape index (κ1) is 20.5. The Bertz CT molecular complexity index is 920. The van der Waals surface area contributed by atoms with Crippen molar-refractivity contribution >= 4 is 29.3 Å². The van der Waals surface area contributed by atoms with Gasteiger partial charge in [-0.25, -0.2) is 4.98 Å². The number of benzene rings is 1. The molecule has 2 aromatic rings. The normalized spacial score (nSPS) is 14.2. The molecule has 1 saturated heterocycles. The second-order valence-electron chi connectivity index (χ2n) is 6.23. The smallest absolute Gasteiger partial charge is 0.342 e. The minimum absolute atomic E-state index is 0.0664. The van der Waals surface area contributed by atoms with Crippen molar-refractivity contribution in [3.63, 3.8) is 0 Å². The van der Waals surface area contributed by atoms with Crippen molar-refractivity contribution in [1.82, 2.24) is 9.88 Å². The Balaban J connectivity index is 1.98. The molecule has 0 unspecified atom stereocenters. The van der Waals surface area contributed by atoms with Crippen LogP contribution in [0.2, 0.25) is 5.02 Å². The third kappa shape index (κ3) is 4.59. The van der Waals surface area contributed by atoms with Crippen LogP contribution in [0.4, 0.5) is 13.2 Å². The van der Waals surface area contributed by atoms with Gasteiger partial charge in [-0.15, -0.1) is 0 Å². The molecule has 0 atom stereocenters. The Morgan fingerprint density at radius 1 is 1.25 bits per heavy atom. The molecular weight excluding hydrogens is 411 g/mol. The first-order valence-corrected chi connectivity index (χ1v) is 9.85. The van der Waals surface area contributed by atoms with E-state index in [0.29, 0.717) is 23.7 Å². The highest BCUT2D eigenvalue weighted by Crippen LogP contribution is 2.38. The molecule has 2 heterocycles. The molecular formula is C19H15ClF3N3OS. The van der Waals surface area contributed by atoms with Crippen molar-refractivity contribution in [2.75, 3.05) is 18.8 Å². The predicted octanol–water partition coefficient (Wildman–Crippen LogP) is 5.01. The molecule has 1 fully saturated rings. The molecule has 1 amide bonds. The average Bonchev–Trinajstić information content (AvgIpc) is 3.20. The monoisotopic (exact) mass is 425 g/mol. The van der Waals surface area contributed by atoms with Gasteiger partial charge in [0, 0.05) is 23.7 Å². The van der Waals surface area contributed by atoms with Crippen LogP contribution in [0.5, 0.6) is 0 Å². The summed E-state index contributed by atoms with van der Waals surface area (Å²) in [6, 6.07) is 8.67. The van der Waals surface area contributed by atoms with Gasteiger partial charge in [0.05, 0.1) is 22.6 Å². The summed E-state index contributed by atoms with van der Waals surface area (Å²) in [5.74, 6) is -0.234. The number of hydrogen-bond acceptors (Lipinski definition) is 4. The van der Waals surface area contributed by atoms with Crippen LogP contribution in [-0.4, -0.2) is 34.6 Å². The van der Waals surface area contributed by atoms with Gasteiger partial charge in [-0.2, -0.15) is 18.4 Å². The highest BCUT2D eigenvalue weighted by molar-refractivity contribution is 8.00. The number of hydrogen-bond donors (Lipinski definition) is 0. The fraction of sp³-hybridized carbons (Fsp3) is 0.316. The van der Waals surface area contributed by atoms with Gasteiger partial charge in [0.15, 0.2) is 0 Å². The molecule has 3 rings (SSSR count). The van der Waals surface area contributed by atoms with E-state index in [1.807, 2.05) is 0 Å². The van der Waals surface area contributed by atoms with Gasteiger partial charge in [-0.3, -0.25) is 4.79 Å². The molecule has 0 saturated carbocycles. The quantitative estimate of drug-likeness (QED) is 0.646. The Kier molecular flexibility index (Phi) is 6.16. The zero-order valence-corrected chi connectivity index (χ0v) is 16.2. The van der Waals surface area contributed by atoms with Gasteiger partial charge >= 0.3 is 6.18 Å². The van der Waals surface area contributed by atoms with Crippen LogP contribution < -0.4 is 0 Å². The molecule has 1 aromatic heterocycles. The number of nitriles is 1. The maximum atomic E-state index is 13.5. The molecule has 0 radical (unpaired) electrons. The molecule has 0 bridgehead atoms. The molecule has 1 aliphatic rings. The molecule has 28 heavy (non-hydrogen) atoms. The molecule has 1 aromatic carbocycles. The number of nitrogens with zero attached hydrogens (tertiary/aromatic N) is 3. The van der Waals surface area contributed by atoms with Crippen molar-refractivity contribution in [1.29, 1.82) is 5.26 Å². The number of amides is 1. The summed E-state index contributed by atoms with van der Waals surface area (Å²) in [6.07, 6.45) is -2.88. The largest absolute Gasteiger partial charge is 0.417 e. The van der Waals surface area contributed by atoms with Crippen LogP contribution in [0, 0.1) is 11.3 Å². The molecule has 0 aliphatic carbocycles. The van der Waals surface area contributed by atoms with E-state index < -0.39 is 17.3 Å². The Labute approximate surface area is 169 Å². The van der Waals surface area contributed by atoms with Crippen LogP contribution in [0.3, 0.4) is 0 Å². The summed E-state index contributed by atoms with van der Waals surface area (Å²) in [4.78, 5) is 18.2. The number of carbonyl (C=O) groups excluding carboxylic acids is 1. The van der Waals surface area contributed by atoms with Crippen molar-refractivity contribution in [3.05, 3.63) is 46.5 Å². The Hall–Kier alpha value is -2.24. The average molecular weight is 426 g/mol. The van der Waals surface area contributed by atoms with E-state index in [2.05, 4.69) is 4.98 Å². The molecule has 0 N–H and O–H groups in total. The number of halogens is 4. The van der Waals surface area contributed by atoms with E-state index in [0.717, 1.165) is 30.7 Å². The van der Waals surface area contributed by atoms with E-state index in [-0.39, 0.29) is 22.4 Å². The summed E-state index contributed by atoms with van der Waals surface area (Å²) in [7, 11) is 0. The van der Waals surface area contributed by atoms with Crippen LogP contribution in [-0.2, 0) is 11.0 Å². The second kappa shape index (κ2) is 8.41. The lowest BCUT2D eigenvalue weighted by Crippen LogP contribution is -2.29. The number of rotatable bonds is 4. The third-order valence-electron chi connectivity index (χ3n) is 4.33. The minimum Gasteiger partial charge on any atom is -0.342 e. The SMILES string of the molecule is N#Cc1c(C(F)(F)F)cc(-c2ccc(Cl)cc2)nc1SCC(=O)N1CCCC1. The zero-order chi connectivity index (χ0) is 20.3. The standard InChI is InChI=1S/C19H15ClF3N3OS/c20-13-5-3-12(4-6-13)16-9-15(19(21,22)23)14(10-24)18(25-16)28-11-17(27)26-7-1-2-8-26/h3-6,9H,1-2,7-8,11H2. The van der Waals surface area contributed by atoms with Crippen molar-refractivity contribution in [2.24, 2.45) is 0 Å². The summed E-state index contributed by atoms with van der Waals surface area (Å²) >= 11 is 6.70. The summed E-state index contributed by atoms with van der Waals surface area (Å²) in [5, 5.41) is 9.66. The van der Waals surface area contributed by atoms with Crippen LogP contribution in [0.1, 0.15) is 24.0 Å². The van der Waals surface area contributed by atoms with Gasteiger partial charge in [-0.05, 0) is 31.0 Å². The zero-order valence-electron chi connectivity index (χ0n) is 14.6. The molecule has 0 spiro atoms. The number of likely N-dealkylation sites (tertiary alicyclic amines) is 1. The van der Waals surface area contributed by atoms with Crippen LogP contribution in [0.25, 0.3) is 11.3 Å². The van der Waals surface area contributed by atoms with Crippen molar-refractivity contribution < 1.29 is 18.0 Å². The van der Waals surface area contributed by atoms with Gasteiger partial charge in [-0.1, -0.05) is 35.5 Å². The van der Waals surface area contributed by atoms with Gasteiger partial charge in [0.25, 0.3) is 0 Å². The van der Waals surface area contributed by atoms with Crippen LogP contribution in [0.15, 0.2) is 35.4 Å². The van der Waals surface area contributed by atoms with E-state index in [9.17, 15) is 23.2 Å². The van der Waals surface area contributed by atoms with E-state index in [1.165, 1.54) is 0 Å². The second-order valence-corrected chi connectivity index (χ2v) is 7.63. The number of aromatic nitrogens is 1. The number of pyridine rings is 1. The van der Waals surface area contributed by atoms with E-state index in [4.69, 9.17) is 11.6 Å². The maximum Gasteiger partial charge on any atom is 0.417 e. The summed E-state index contributed by atoms with van der Waals surface area (Å²) < 4.78 is 40.6. The highest BCUT2D eigenvalue weighted by atomic mass is 35.5. The number of thioether (sulfide) groups is 1.